The van der Waals surface area contributed by atoms with Crippen molar-refractivity contribution < 1.29 is 19.1 Å². The van der Waals surface area contributed by atoms with Gasteiger partial charge < -0.3 is 14.8 Å². The molecule has 0 radical (unpaired) electrons. The Balaban J connectivity index is 2.13. The van der Waals surface area contributed by atoms with E-state index in [0.29, 0.717) is 5.76 Å². The van der Waals surface area contributed by atoms with Crippen molar-refractivity contribution in [3.63, 3.8) is 0 Å². The highest BCUT2D eigenvalue weighted by Gasteiger charge is 2.18. The number of benzene rings is 1. The van der Waals surface area contributed by atoms with E-state index in [1.807, 2.05) is 30.3 Å². The zero-order valence-electron chi connectivity index (χ0n) is 10.3. The summed E-state index contributed by atoms with van der Waals surface area (Å²) in [5.41, 5.74) is 0.854. The van der Waals surface area contributed by atoms with Gasteiger partial charge in [-0.05, 0) is 19.1 Å². The van der Waals surface area contributed by atoms with Gasteiger partial charge >= 0.3 is 5.97 Å². The number of amides is 1. The number of hydrogen-bond acceptors (Lipinski definition) is 3. The minimum atomic E-state index is -1.09. The van der Waals surface area contributed by atoms with Crippen LogP contribution < -0.4 is 5.32 Å². The fourth-order valence-corrected chi connectivity index (χ4v) is 1.55. The van der Waals surface area contributed by atoms with Gasteiger partial charge in [-0.2, -0.15) is 0 Å². The third-order valence-corrected chi connectivity index (χ3v) is 2.61. The van der Waals surface area contributed by atoms with E-state index < -0.39 is 17.9 Å². The van der Waals surface area contributed by atoms with Crippen LogP contribution in [0.4, 0.5) is 0 Å². The van der Waals surface area contributed by atoms with Gasteiger partial charge in [0.05, 0.1) is 0 Å². The quantitative estimate of drug-likeness (QED) is 0.881. The molecule has 2 aromatic rings. The van der Waals surface area contributed by atoms with Gasteiger partial charge in [-0.25, -0.2) is 0 Å². The maximum atomic E-state index is 11.7. The molecule has 0 aliphatic carbocycles. The van der Waals surface area contributed by atoms with Gasteiger partial charge in [0.1, 0.15) is 11.8 Å². The van der Waals surface area contributed by atoms with Crippen LogP contribution in [0, 0.1) is 0 Å². The molecule has 1 heterocycles. The summed E-state index contributed by atoms with van der Waals surface area (Å²) in [7, 11) is 0. The van der Waals surface area contributed by atoms with E-state index in [4.69, 9.17) is 9.52 Å². The molecule has 0 aliphatic heterocycles. The van der Waals surface area contributed by atoms with Crippen molar-refractivity contribution in [2.24, 2.45) is 0 Å². The second-order valence-electron chi connectivity index (χ2n) is 4.06. The minimum absolute atomic E-state index is 0.0898. The molecule has 1 amide bonds. The standard InChI is InChI=1S/C14H13NO4/c1-9(14(17)18)15-13(16)12-8-7-11(19-12)10-5-3-2-4-6-10/h2-9H,1H3,(H,15,16)(H,17,18). The molecule has 1 atom stereocenters. The molecular formula is C14H13NO4. The normalized spacial score (nSPS) is 11.8. The van der Waals surface area contributed by atoms with Gasteiger partial charge in [-0.3, -0.25) is 9.59 Å². The SMILES string of the molecule is CC(NC(=O)c1ccc(-c2ccccc2)o1)C(=O)O. The van der Waals surface area contributed by atoms with Crippen LogP contribution in [0.5, 0.6) is 0 Å². The average molecular weight is 259 g/mol. The highest BCUT2D eigenvalue weighted by Crippen LogP contribution is 2.21. The number of rotatable bonds is 4. The summed E-state index contributed by atoms with van der Waals surface area (Å²) < 4.78 is 5.41. The van der Waals surface area contributed by atoms with E-state index in [-0.39, 0.29) is 5.76 Å². The molecule has 0 bridgehead atoms. The number of carboxylic acid groups (broad SMARTS) is 1. The maximum Gasteiger partial charge on any atom is 0.325 e. The van der Waals surface area contributed by atoms with E-state index in [2.05, 4.69) is 5.32 Å². The van der Waals surface area contributed by atoms with E-state index in [0.717, 1.165) is 5.56 Å². The molecule has 0 saturated heterocycles. The molecule has 2 rings (SSSR count). The highest BCUT2D eigenvalue weighted by molar-refractivity contribution is 5.94. The second-order valence-corrected chi connectivity index (χ2v) is 4.06. The van der Waals surface area contributed by atoms with Gasteiger partial charge in [0.2, 0.25) is 0 Å². The van der Waals surface area contributed by atoms with Crippen molar-refractivity contribution in [3.05, 3.63) is 48.2 Å². The Hall–Kier alpha value is -2.56. The van der Waals surface area contributed by atoms with E-state index in [1.54, 1.807) is 6.07 Å². The summed E-state index contributed by atoms with van der Waals surface area (Å²) in [4.78, 5) is 22.4. The summed E-state index contributed by atoms with van der Waals surface area (Å²) in [5.74, 6) is -0.985. The lowest BCUT2D eigenvalue weighted by atomic mass is 10.2. The third-order valence-electron chi connectivity index (χ3n) is 2.61. The monoisotopic (exact) mass is 259 g/mol. The Kier molecular flexibility index (Phi) is 3.66. The Morgan fingerprint density at radius 3 is 2.47 bits per heavy atom. The summed E-state index contributed by atoms with van der Waals surface area (Å²) >= 11 is 0. The molecular weight excluding hydrogens is 246 g/mol. The molecule has 2 N–H and O–H groups in total. The van der Waals surface area contributed by atoms with Crippen molar-refractivity contribution >= 4 is 11.9 Å². The molecule has 5 nitrogen and oxygen atoms in total. The lowest BCUT2D eigenvalue weighted by molar-refractivity contribution is -0.138. The smallest absolute Gasteiger partial charge is 0.325 e. The Morgan fingerprint density at radius 2 is 1.84 bits per heavy atom. The number of hydrogen-bond donors (Lipinski definition) is 2. The number of nitrogens with one attached hydrogen (secondary N) is 1. The van der Waals surface area contributed by atoms with Gasteiger partial charge in [0.15, 0.2) is 5.76 Å². The average Bonchev–Trinajstić information content (AvgIpc) is 2.89. The molecule has 0 aliphatic rings. The Morgan fingerprint density at radius 1 is 1.16 bits per heavy atom. The largest absolute Gasteiger partial charge is 0.480 e. The highest BCUT2D eigenvalue weighted by atomic mass is 16.4. The third kappa shape index (κ3) is 3.01. The molecule has 98 valence electrons. The first kappa shape index (κ1) is 12.9. The van der Waals surface area contributed by atoms with Crippen LogP contribution in [-0.4, -0.2) is 23.0 Å². The second kappa shape index (κ2) is 5.39. The van der Waals surface area contributed by atoms with Crippen LogP contribution >= 0.6 is 0 Å². The summed E-state index contributed by atoms with van der Waals surface area (Å²) in [5, 5.41) is 11.0. The van der Waals surface area contributed by atoms with E-state index in [1.165, 1.54) is 13.0 Å². The molecule has 1 aromatic carbocycles. The van der Waals surface area contributed by atoms with Gasteiger partial charge in [0, 0.05) is 5.56 Å². The number of carbonyl (C=O) groups is 2. The first-order chi connectivity index (χ1) is 9.08. The van der Waals surface area contributed by atoms with E-state index >= 15 is 0 Å². The number of carboxylic acids is 1. The molecule has 1 unspecified atom stereocenters. The topological polar surface area (TPSA) is 79.5 Å². The van der Waals surface area contributed by atoms with Crippen molar-refractivity contribution in [2.45, 2.75) is 13.0 Å². The van der Waals surface area contributed by atoms with Crippen molar-refractivity contribution in [1.29, 1.82) is 0 Å². The van der Waals surface area contributed by atoms with Crippen LogP contribution in [0.1, 0.15) is 17.5 Å². The van der Waals surface area contributed by atoms with Crippen LogP contribution in [0.25, 0.3) is 11.3 Å². The molecule has 0 saturated carbocycles. The Labute approximate surface area is 109 Å². The van der Waals surface area contributed by atoms with Crippen LogP contribution in [-0.2, 0) is 4.79 Å². The fraction of sp³-hybridized carbons (Fsp3) is 0.143. The maximum absolute atomic E-state index is 11.7. The van der Waals surface area contributed by atoms with E-state index in [9.17, 15) is 9.59 Å². The lowest BCUT2D eigenvalue weighted by Crippen LogP contribution is -2.38. The summed E-state index contributed by atoms with van der Waals surface area (Å²) in [6.07, 6.45) is 0. The summed E-state index contributed by atoms with van der Waals surface area (Å²) in [6.45, 7) is 1.39. The van der Waals surface area contributed by atoms with Crippen LogP contribution in [0.3, 0.4) is 0 Å². The van der Waals surface area contributed by atoms with Crippen LogP contribution in [0.15, 0.2) is 46.9 Å². The summed E-state index contributed by atoms with van der Waals surface area (Å²) in [6, 6.07) is 11.6. The number of furan rings is 1. The first-order valence-electron chi connectivity index (χ1n) is 5.77. The fourth-order valence-electron chi connectivity index (χ4n) is 1.55. The predicted octanol–water partition coefficient (Wildman–Crippen LogP) is 2.15. The predicted molar refractivity (Wildman–Crippen MR) is 68.7 cm³/mol. The van der Waals surface area contributed by atoms with Gasteiger partial charge in [-0.15, -0.1) is 0 Å². The zero-order chi connectivity index (χ0) is 13.8. The molecule has 0 fully saturated rings. The van der Waals surface area contributed by atoms with Gasteiger partial charge in [0.25, 0.3) is 5.91 Å². The zero-order valence-corrected chi connectivity index (χ0v) is 10.3. The van der Waals surface area contributed by atoms with Crippen molar-refractivity contribution in [2.75, 3.05) is 0 Å². The number of carbonyl (C=O) groups excluding carboxylic acids is 1. The lowest BCUT2D eigenvalue weighted by Gasteiger charge is -2.06. The van der Waals surface area contributed by atoms with Crippen molar-refractivity contribution in [1.82, 2.24) is 5.32 Å². The minimum Gasteiger partial charge on any atom is -0.480 e. The molecule has 19 heavy (non-hydrogen) atoms. The van der Waals surface area contributed by atoms with Crippen LogP contribution in [0.2, 0.25) is 0 Å². The Bertz CT molecular complexity index is 589. The van der Waals surface area contributed by atoms with Gasteiger partial charge in [-0.1, -0.05) is 30.3 Å². The first-order valence-corrected chi connectivity index (χ1v) is 5.77. The molecule has 1 aromatic heterocycles. The molecule has 0 spiro atoms. The number of aliphatic carboxylic acids is 1. The molecule has 5 heteroatoms. The van der Waals surface area contributed by atoms with Crippen molar-refractivity contribution in [3.8, 4) is 11.3 Å².